The van der Waals surface area contributed by atoms with E-state index in [2.05, 4.69) is 5.92 Å². The van der Waals surface area contributed by atoms with Gasteiger partial charge >= 0.3 is 6.18 Å². The van der Waals surface area contributed by atoms with Crippen molar-refractivity contribution in [3.05, 3.63) is 34.9 Å². The number of hydrogen-bond acceptors (Lipinski definition) is 2. The zero-order valence-corrected chi connectivity index (χ0v) is 7.80. The summed E-state index contributed by atoms with van der Waals surface area (Å²) in [4.78, 5) is 9.96. The maximum Gasteiger partial charge on any atom is 0.417 e. The van der Waals surface area contributed by atoms with Gasteiger partial charge < -0.3 is 0 Å². The highest BCUT2D eigenvalue weighted by atomic mass is 19.4. The molecular formula is C11H4F3NO. The third-order valence-electron chi connectivity index (χ3n) is 1.72. The molecule has 1 aromatic carbocycles. The molecule has 0 fully saturated rings. The average molecular weight is 223 g/mol. The number of halogens is 3. The van der Waals surface area contributed by atoms with Crippen molar-refractivity contribution in [3.8, 4) is 17.9 Å². The molecule has 0 unspecified atom stereocenters. The van der Waals surface area contributed by atoms with Gasteiger partial charge in [-0.05, 0) is 24.1 Å². The molecule has 2 nitrogen and oxygen atoms in total. The van der Waals surface area contributed by atoms with Gasteiger partial charge in [-0.15, -0.1) is 0 Å². The van der Waals surface area contributed by atoms with Gasteiger partial charge in [0, 0.05) is 5.56 Å². The largest absolute Gasteiger partial charge is 0.417 e. The number of benzene rings is 1. The Balaban J connectivity index is 3.40. The molecule has 0 saturated carbocycles. The van der Waals surface area contributed by atoms with Crippen molar-refractivity contribution >= 4 is 6.29 Å². The smallest absolute Gasteiger partial charge is 0.289 e. The number of carbonyl (C=O) groups excluding carboxylic acids is 1. The lowest BCUT2D eigenvalue weighted by molar-refractivity contribution is -0.137. The highest BCUT2D eigenvalue weighted by molar-refractivity contribution is 5.74. The van der Waals surface area contributed by atoms with E-state index in [4.69, 9.17) is 5.26 Å². The van der Waals surface area contributed by atoms with Gasteiger partial charge in [-0.3, -0.25) is 4.79 Å². The molecule has 0 amide bonds. The number of rotatable bonds is 0. The number of nitrogens with zero attached hydrogens (tertiary/aromatic N) is 1. The van der Waals surface area contributed by atoms with Crippen LogP contribution in [0.3, 0.4) is 0 Å². The first-order valence-electron chi connectivity index (χ1n) is 4.05. The lowest BCUT2D eigenvalue weighted by Crippen LogP contribution is -2.08. The monoisotopic (exact) mass is 223 g/mol. The van der Waals surface area contributed by atoms with E-state index >= 15 is 0 Å². The van der Waals surface area contributed by atoms with E-state index in [1.165, 1.54) is 6.07 Å². The average Bonchev–Trinajstić information content (AvgIpc) is 2.25. The number of nitriles is 1. The van der Waals surface area contributed by atoms with Gasteiger partial charge in [0.25, 0.3) is 0 Å². The maximum absolute atomic E-state index is 12.5. The minimum Gasteiger partial charge on any atom is -0.289 e. The van der Waals surface area contributed by atoms with E-state index in [0.717, 1.165) is 6.07 Å². The number of alkyl halides is 3. The summed E-state index contributed by atoms with van der Waals surface area (Å²) in [5.74, 6) is 3.97. The van der Waals surface area contributed by atoms with Crippen molar-refractivity contribution in [1.29, 1.82) is 5.26 Å². The third-order valence-corrected chi connectivity index (χ3v) is 1.72. The quantitative estimate of drug-likeness (QED) is 0.499. The molecule has 0 aromatic heterocycles. The molecule has 5 heteroatoms. The molecule has 80 valence electrons. The second-order valence-corrected chi connectivity index (χ2v) is 2.76. The van der Waals surface area contributed by atoms with Crippen LogP contribution in [0.25, 0.3) is 0 Å². The predicted octanol–water partition coefficient (Wildman–Crippen LogP) is 2.13. The highest BCUT2D eigenvalue weighted by Gasteiger charge is 2.33. The minimum absolute atomic E-state index is 0.107. The molecule has 0 aliphatic carbocycles. The van der Waals surface area contributed by atoms with Crippen LogP contribution in [0.15, 0.2) is 18.2 Å². The van der Waals surface area contributed by atoms with Crippen molar-refractivity contribution in [1.82, 2.24) is 0 Å². The fourth-order valence-electron chi connectivity index (χ4n) is 1.06. The molecule has 1 rings (SSSR count). The fraction of sp³-hybridized carbons (Fsp3) is 0.0909. The zero-order chi connectivity index (χ0) is 12.2. The molecule has 0 heterocycles. The van der Waals surface area contributed by atoms with Crippen LogP contribution >= 0.6 is 0 Å². The topological polar surface area (TPSA) is 40.9 Å². The van der Waals surface area contributed by atoms with Crippen molar-refractivity contribution in [3.63, 3.8) is 0 Å². The van der Waals surface area contributed by atoms with Crippen molar-refractivity contribution in [2.75, 3.05) is 0 Å². The molecule has 16 heavy (non-hydrogen) atoms. The summed E-state index contributed by atoms with van der Waals surface area (Å²) in [6.45, 7) is 0. The third kappa shape index (κ3) is 2.61. The van der Waals surface area contributed by atoms with Crippen LogP contribution in [0.2, 0.25) is 0 Å². The first-order chi connectivity index (χ1) is 7.49. The Bertz CT molecular complexity index is 515. The van der Waals surface area contributed by atoms with Crippen molar-refractivity contribution in [2.45, 2.75) is 6.18 Å². The van der Waals surface area contributed by atoms with Gasteiger partial charge in [-0.1, -0.05) is 5.92 Å². The van der Waals surface area contributed by atoms with Crippen LogP contribution < -0.4 is 0 Å². The standard InChI is InChI=1S/C11H4F3NO/c12-11(13,14)10-6-8(7-15)3-4-9(10)2-1-5-16/h3-6H. The van der Waals surface area contributed by atoms with Crippen LogP contribution in [0, 0.1) is 23.2 Å². The fourth-order valence-corrected chi connectivity index (χ4v) is 1.06. The summed E-state index contributed by atoms with van der Waals surface area (Å²) in [5.41, 5.74) is -1.44. The summed E-state index contributed by atoms with van der Waals surface area (Å²) in [5, 5.41) is 8.49. The van der Waals surface area contributed by atoms with Crippen LogP contribution in [-0.4, -0.2) is 6.29 Å². The van der Waals surface area contributed by atoms with Crippen LogP contribution in [0.5, 0.6) is 0 Å². The summed E-state index contributed by atoms with van der Waals surface area (Å²) < 4.78 is 37.6. The molecule has 0 aliphatic heterocycles. The van der Waals surface area contributed by atoms with Crippen LogP contribution in [0.4, 0.5) is 13.2 Å². The molecule has 0 spiro atoms. The maximum atomic E-state index is 12.5. The molecule has 1 aromatic rings. The van der Waals surface area contributed by atoms with Gasteiger partial charge in [0.2, 0.25) is 0 Å². The lowest BCUT2D eigenvalue weighted by atomic mass is 10.0. The van der Waals surface area contributed by atoms with E-state index < -0.39 is 11.7 Å². The molecule has 0 atom stereocenters. The lowest BCUT2D eigenvalue weighted by Gasteiger charge is -2.08. The van der Waals surface area contributed by atoms with Crippen molar-refractivity contribution < 1.29 is 18.0 Å². The zero-order valence-electron chi connectivity index (χ0n) is 7.80. The molecule has 0 radical (unpaired) electrons. The number of aldehydes is 1. The minimum atomic E-state index is -4.60. The molecule has 0 N–H and O–H groups in total. The predicted molar refractivity (Wildman–Crippen MR) is 49.1 cm³/mol. The normalized spacial score (nSPS) is 9.88. The van der Waals surface area contributed by atoms with Gasteiger partial charge in [-0.25, -0.2) is 0 Å². The molecule has 0 aliphatic rings. The van der Waals surface area contributed by atoms with Crippen LogP contribution in [-0.2, 0) is 11.0 Å². The van der Waals surface area contributed by atoms with Crippen LogP contribution in [0.1, 0.15) is 16.7 Å². The Morgan fingerprint density at radius 2 is 2.00 bits per heavy atom. The summed E-state index contributed by atoms with van der Waals surface area (Å²) in [6, 6.07) is 4.59. The second kappa shape index (κ2) is 4.50. The van der Waals surface area contributed by atoms with E-state index in [1.807, 2.05) is 5.92 Å². The van der Waals surface area contributed by atoms with Crippen molar-refractivity contribution in [2.24, 2.45) is 0 Å². The summed E-state index contributed by atoms with van der Waals surface area (Å²) in [6.07, 6.45) is -4.39. The SMILES string of the molecule is N#Cc1ccc(C#CC=O)c(C(F)(F)F)c1. The molecule has 0 bridgehead atoms. The van der Waals surface area contributed by atoms with E-state index in [-0.39, 0.29) is 17.4 Å². The highest BCUT2D eigenvalue weighted by Crippen LogP contribution is 2.32. The first kappa shape index (κ1) is 11.8. The molecule has 0 saturated heterocycles. The molecular weight excluding hydrogens is 219 g/mol. The number of hydrogen-bond donors (Lipinski definition) is 0. The Morgan fingerprint density at radius 3 is 2.50 bits per heavy atom. The van der Waals surface area contributed by atoms with E-state index in [0.29, 0.717) is 6.07 Å². The summed E-state index contributed by atoms with van der Waals surface area (Å²) >= 11 is 0. The second-order valence-electron chi connectivity index (χ2n) is 2.76. The Kier molecular flexibility index (Phi) is 3.32. The van der Waals surface area contributed by atoms with Gasteiger partial charge in [0.05, 0.1) is 17.2 Å². The number of carbonyl (C=O) groups is 1. The van der Waals surface area contributed by atoms with Gasteiger partial charge in [0.15, 0.2) is 6.29 Å². The Labute approximate surface area is 89.3 Å². The first-order valence-corrected chi connectivity index (χ1v) is 4.05. The van der Waals surface area contributed by atoms with Gasteiger partial charge in [-0.2, -0.15) is 18.4 Å². The van der Waals surface area contributed by atoms with Gasteiger partial charge in [0.1, 0.15) is 0 Å². The summed E-state index contributed by atoms with van der Waals surface area (Å²) in [7, 11) is 0. The Morgan fingerprint density at radius 1 is 1.31 bits per heavy atom. The Hall–Kier alpha value is -2.27. The van der Waals surface area contributed by atoms with E-state index in [9.17, 15) is 18.0 Å². The van der Waals surface area contributed by atoms with E-state index in [1.54, 1.807) is 6.07 Å².